The molecule has 6 rings (SSSR count). The van der Waals surface area contributed by atoms with Crippen LogP contribution in [-0.2, 0) is 24.2 Å². The fourth-order valence-electron chi connectivity index (χ4n) is 5.43. The maximum absolute atomic E-state index is 11.1. The van der Waals surface area contributed by atoms with Gasteiger partial charge in [0.15, 0.2) is 11.5 Å². The van der Waals surface area contributed by atoms with Gasteiger partial charge in [0.05, 0.1) is 6.42 Å². The summed E-state index contributed by atoms with van der Waals surface area (Å²) in [5.74, 6) is 1.81. The fraction of sp³-hybridized carbons (Fsp3) is 0.206. The van der Waals surface area contributed by atoms with Gasteiger partial charge in [0, 0.05) is 42.9 Å². The number of ether oxygens (including phenoxy) is 2. The van der Waals surface area contributed by atoms with Crippen molar-refractivity contribution in [3.63, 3.8) is 0 Å². The molecule has 1 aliphatic rings. The summed E-state index contributed by atoms with van der Waals surface area (Å²) in [4.78, 5) is 13.6. The van der Waals surface area contributed by atoms with Gasteiger partial charge in [-0.1, -0.05) is 84.9 Å². The number of rotatable bonds is 11. The van der Waals surface area contributed by atoms with Crippen LogP contribution in [0.3, 0.4) is 0 Å². The van der Waals surface area contributed by atoms with Crippen molar-refractivity contribution in [3.8, 4) is 11.5 Å². The zero-order chi connectivity index (χ0) is 27.3. The average Bonchev–Trinajstić information content (AvgIpc) is 3.62. The molecule has 0 atom stereocenters. The summed E-state index contributed by atoms with van der Waals surface area (Å²) in [6.45, 7) is 2.52. The molecule has 4 aromatic carbocycles. The van der Waals surface area contributed by atoms with Crippen molar-refractivity contribution in [2.75, 3.05) is 19.9 Å². The minimum Gasteiger partial charge on any atom is -0.481 e. The van der Waals surface area contributed by atoms with Gasteiger partial charge >= 0.3 is 5.97 Å². The monoisotopic (exact) mass is 569 g/mol. The molecule has 5 aromatic rings. The molecule has 7 heteroatoms. The topological polar surface area (TPSA) is 72.1 Å². The Morgan fingerprint density at radius 1 is 0.854 bits per heavy atom. The Labute approximate surface area is 245 Å². The molecule has 0 saturated heterocycles. The summed E-state index contributed by atoms with van der Waals surface area (Å²) in [5.41, 5.74) is 5.09. The van der Waals surface area contributed by atoms with E-state index in [1.807, 2.05) is 30.3 Å². The first kappa shape index (κ1) is 28.3. The maximum Gasteiger partial charge on any atom is 0.307 e. The fourth-order valence-corrected chi connectivity index (χ4v) is 5.43. The highest BCUT2D eigenvalue weighted by molar-refractivity contribution is 5.85. The normalized spacial score (nSPS) is 12.1. The van der Waals surface area contributed by atoms with Crippen LogP contribution < -0.4 is 9.47 Å². The maximum atomic E-state index is 11.1. The average molecular weight is 570 g/mol. The lowest BCUT2D eigenvalue weighted by atomic mass is 9.90. The summed E-state index contributed by atoms with van der Waals surface area (Å²) >= 11 is 0. The van der Waals surface area contributed by atoms with Gasteiger partial charge in [-0.15, -0.1) is 12.4 Å². The van der Waals surface area contributed by atoms with Gasteiger partial charge in [0.1, 0.15) is 11.3 Å². The Bertz CT molecular complexity index is 1560. The van der Waals surface area contributed by atoms with Gasteiger partial charge in [0.2, 0.25) is 6.79 Å². The van der Waals surface area contributed by atoms with Crippen molar-refractivity contribution in [1.82, 2.24) is 4.90 Å². The Morgan fingerprint density at radius 3 is 2.29 bits per heavy atom. The number of carboxylic acid groups (broad SMARTS) is 1. The van der Waals surface area contributed by atoms with Crippen molar-refractivity contribution in [2.24, 2.45) is 0 Å². The highest BCUT2D eigenvalue weighted by Gasteiger charge is 2.23. The molecule has 210 valence electrons. The Balaban J connectivity index is 0.00000337. The van der Waals surface area contributed by atoms with Gasteiger partial charge in [0.25, 0.3) is 0 Å². The minimum absolute atomic E-state index is 0. The van der Waals surface area contributed by atoms with E-state index in [2.05, 4.69) is 77.7 Å². The number of carboxylic acids is 1. The predicted octanol–water partition coefficient (Wildman–Crippen LogP) is 7.09. The quantitative estimate of drug-likeness (QED) is 0.183. The van der Waals surface area contributed by atoms with E-state index < -0.39 is 5.97 Å². The molecule has 0 saturated carbocycles. The number of nitrogens with zero attached hydrogens (tertiary/aromatic N) is 1. The van der Waals surface area contributed by atoms with E-state index in [-0.39, 0.29) is 31.5 Å². The molecule has 0 bridgehead atoms. The zero-order valence-corrected chi connectivity index (χ0v) is 23.4. The number of hydrogen-bond donors (Lipinski definition) is 1. The van der Waals surface area contributed by atoms with Crippen LogP contribution in [0.15, 0.2) is 108 Å². The van der Waals surface area contributed by atoms with Crippen LogP contribution in [0.2, 0.25) is 0 Å². The van der Waals surface area contributed by atoms with Gasteiger partial charge in [-0.3, -0.25) is 9.69 Å². The summed E-state index contributed by atoms with van der Waals surface area (Å²) in [6.07, 6.45) is 0.693. The van der Waals surface area contributed by atoms with E-state index in [4.69, 9.17) is 19.0 Å². The smallest absolute Gasteiger partial charge is 0.307 e. The number of carbonyl (C=O) groups is 1. The van der Waals surface area contributed by atoms with Crippen LogP contribution in [0, 0.1) is 0 Å². The van der Waals surface area contributed by atoms with E-state index >= 15 is 0 Å². The molecule has 1 N–H and O–H groups in total. The molecule has 2 heterocycles. The third-order valence-electron chi connectivity index (χ3n) is 7.38. The second kappa shape index (κ2) is 12.9. The predicted molar refractivity (Wildman–Crippen MR) is 161 cm³/mol. The van der Waals surface area contributed by atoms with Crippen molar-refractivity contribution in [3.05, 3.63) is 131 Å². The second-order valence-corrected chi connectivity index (χ2v) is 10.2. The molecule has 41 heavy (non-hydrogen) atoms. The number of furan rings is 1. The zero-order valence-electron chi connectivity index (χ0n) is 22.6. The molecule has 0 aliphatic carbocycles. The number of para-hydroxylation sites is 1. The summed E-state index contributed by atoms with van der Waals surface area (Å²) in [6, 6.07) is 35.0. The van der Waals surface area contributed by atoms with E-state index in [1.165, 1.54) is 11.1 Å². The summed E-state index contributed by atoms with van der Waals surface area (Å²) in [5, 5.41) is 10.1. The third-order valence-corrected chi connectivity index (χ3v) is 7.38. The van der Waals surface area contributed by atoms with Crippen LogP contribution in [0.4, 0.5) is 0 Å². The molecule has 0 radical (unpaired) electrons. The number of halogens is 1. The van der Waals surface area contributed by atoms with Crippen LogP contribution in [-0.4, -0.2) is 35.9 Å². The standard InChI is InChI=1S/C34H31NO5.ClH/c36-33(37)19-24-14-15-27-20-29(40-32(27)18-24)16-17-35(21-28-12-7-13-31-34(28)39-23-38-31)22-30(25-8-3-1-4-9-25)26-10-5-2-6-11-26;/h1-15,18,20,30H,16-17,19,21-23H2,(H,36,37);1H. The minimum atomic E-state index is -0.852. The number of hydrogen-bond acceptors (Lipinski definition) is 5. The highest BCUT2D eigenvalue weighted by atomic mass is 35.5. The third kappa shape index (κ3) is 6.73. The van der Waals surface area contributed by atoms with Crippen molar-refractivity contribution < 1.29 is 23.8 Å². The largest absolute Gasteiger partial charge is 0.481 e. The van der Waals surface area contributed by atoms with Crippen LogP contribution >= 0.6 is 12.4 Å². The van der Waals surface area contributed by atoms with Crippen LogP contribution in [0.1, 0.15) is 33.9 Å². The van der Waals surface area contributed by atoms with Crippen molar-refractivity contribution in [2.45, 2.75) is 25.3 Å². The van der Waals surface area contributed by atoms with Crippen molar-refractivity contribution in [1.29, 1.82) is 0 Å². The summed E-state index contributed by atoms with van der Waals surface area (Å²) in [7, 11) is 0. The van der Waals surface area contributed by atoms with Crippen LogP contribution in [0.25, 0.3) is 11.0 Å². The number of benzene rings is 4. The Morgan fingerprint density at radius 2 is 1.59 bits per heavy atom. The molecule has 0 amide bonds. The number of fused-ring (bicyclic) bond motifs is 2. The molecular formula is C34H32ClNO5. The van der Waals surface area contributed by atoms with Gasteiger partial charge in [-0.05, 0) is 34.9 Å². The van der Waals surface area contributed by atoms with Gasteiger partial charge < -0.3 is 19.0 Å². The molecular weight excluding hydrogens is 538 g/mol. The molecule has 6 nitrogen and oxygen atoms in total. The first-order chi connectivity index (χ1) is 19.6. The first-order valence-electron chi connectivity index (χ1n) is 13.6. The first-order valence-corrected chi connectivity index (χ1v) is 13.6. The SMILES string of the molecule is Cl.O=C(O)Cc1ccc2cc(CCN(Cc3cccc4c3OCO4)CC(c3ccccc3)c3ccccc3)oc2c1. The van der Waals surface area contributed by atoms with E-state index in [0.717, 1.165) is 52.4 Å². The Hall–Kier alpha value is -4.26. The molecule has 1 aromatic heterocycles. The lowest BCUT2D eigenvalue weighted by Crippen LogP contribution is -2.31. The van der Waals surface area contributed by atoms with E-state index in [1.54, 1.807) is 0 Å². The highest BCUT2D eigenvalue weighted by Crippen LogP contribution is 2.36. The second-order valence-electron chi connectivity index (χ2n) is 10.2. The van der Waals surface area contributed by atoms with E-state index in [9.17, 15) is 4.79 Å². The lowest BCUT2D eigenvalue weighted by molar-refractivity contribution is -0.136. The lowest BCUT2D eigenvalue weighted by Gasteiger charge is -2.28. The van der Waals surface area contributed by atoms with Crippen LogP contribution in [0.5, 0.6) is 11.5 Å². The molecule has 0 fully saturated rings. The molecule has 1 aliphatic heterocycles. The van der Waals surface area contributed by atoms with Gasteiger partial charge in [-0.2, -0.15) is 0 Å². The number of aliphatic carboxylic acids is 1. The molecule has 0 spiro atoms. The molecule has 0 unspecified atom stereocenters. The van der Waals surface area contributed by atoms with Gasteiger partial charge in [-0.25, -0.2) is 0 Å². The summed E-state index contributed by atoms with van der Waals surface area (Å²) < 4.78 is 17.7. The Kier molecular flexibility index (Phi) is 8.92. The van der Waals surface area contributed by atoms with E-state index in [0.29, 0.717) is 13.0 Å². The van der Waals surface area contributed by atoms with Crippen molar-refractivity contribution >= 4 is 29.3 Å².